The predicted octanol–water partition coefficient (Wildman–Crippen LogP) is 1.60. The molecule has 10 heavy (non-hydrogen) atoms. The highest BCUT2D eigenvalue weighted by molar-refractivity contribution is 5.23. The van der Waals surface area contributed by atoms with Crippen molar-refractivity contribution in [2.75, 3.05) is 0 Å². The van der Waals surface area contributed by atoms with Crippen LogP contribution in [-0.4, -0.2) is 4.98 Å². The Morgan fingerprint density at radius 2 is 2.30 bits per heavy atom. The molecule has 0 atom stereocenters. The average molecular weight is 138 g/mol. The molecule has 1 heterocycles. The summed E-state index contributed by atoms with van der Waals surface area (Å²) in [6.45, 7) is 4.95. The fraction of sp³-hybridized carbons (Fsp3) is 0.500. The third-order valence-electron chi connectivity index (χ3n) is 1.70. The van der Waals surface area contributed by atoms with Crippen LogP contribution in [0.1, 0.15) is 31.0 Å². The van der Waals surface area contributed by atoms with Gasteiger partial charge in [0.25, 0.3) is 0 Å². The molecule has 56 valence electrons. The molecule has 0 saturated carbocycles. The SMILES string of the molecule is CC(C)c1cc[nH]c1CN. The predicted molar refractivity (Wildman–Crippen MR) is 42.8 cm³/mol. The zero-order chi connectivity index (χ0) is 7.56. The molecule has 0 aliphatic heterocycles. The molecular formula is C8H14N2. The van der Waals surface area contributed by atoms with E-state index in [1.54, 1.807) is 0 Å². The molecule has 1 rings (SSSR count). The van der Waals surface area contributed by atoms with Gasteiger partial charge < -0.3 is 10.7 Å². The third kappa shape index (κ3) is 1.21. The quantitative estimate of drug-likeness (QED) is 0.640. The molecule has 0 bridgehead atoms. The Kier molecular flexibility index (Phi) is 2.12. The van der Waals surface area contributed by atoms with Crippen molar-refractivity contribution in [1.82, 2.24) is 4.98 Å². The zero-order valence-electron chi connectivity index (χ0n) is 6.52. The second-order valence-electron chi connectivity index (χ2n) is 2.77. The smallest absolute Gasteiger partial charge is 0.0335 e. The van der Waals surface area contributed by atoms with Crippen molar-refractivity contribution in [3.8, 4) is 0 Å². The van der Waals surface area contributed by atoms with E-state index >= 15 is 0 Å². The van der Waals surface area contributed by atoms with Gasteiger partial charge in [-0.1, -0.05) is 13.8 Å². The van der Waals surface area contributed by atoms with Crippen molar-refractivity contribution in [1.29, 1.82) is 0 Å². The van der Waals surface area contributed by atoms with Gasteiger partial charge >= 0.3 is 0 Å². The van der Waals surface area contributed by atoms with E-state index in [4.69, 9.17) is 5.73 Å². The van der Waals surface area contributed by atoms with E-state index in [0.717, 1.165) is 5.69 Å². The van der Waals surface area contributed by atoms with Gasteiger partial charge in [-0.25, -0.2) is 0 Å². The highest BCUT2D eigenvalue weighted by atomic mass is 14.7. The van der Waals surface area contributed by atoms with Crippen molar-refractivity contribution in [2.45, 2.75) is 26.3 Å². The fourth-order valence-corrected chi connectivity index (χ4v) is 1.13. The van der Waals surface area contributed by atoms with Crippen LogP contribution in [0.15, 0.2) is 12.3 Å². The standard InChI is InChI=1S/C8H14N2/c1-6(2)7-3-4-10-8(7)5-9/h3-4,6,10H,5,9H2,1-2H3. The number of rotatable bonds is 2. The first-order valence-corrected chi connectivity index (χ1v) is 3.62. The molecule has 2 nitrogen and oxygen atoms in total. The summed E-state index contributed by atoms with van der Waals surface area (Å²) in [7, 11) is 0. The van der Waals surface area contributed by atoms with Crippen LogP contribution in [-0.2, 0) is 6.54 Å². The molecule has 0 aliphatic rings. The van der Waals surface area contributed by atoms with E-state index in [1.165, 1.54) is 5.56 Å². The van der Waals surface area contributed by atoms with Crippen LogP contribution in [0, 0.1) is 0 Å². The summed E-state index contributed by atoms with van der Waals surface area (Å²) in [5.74, 6) is 0.574. The Bertz CT molecular complexity index is 201. The Morgan fingerprint density at radius 3 is 2.70 bits per heavy atom. The van der Waals surface area contributed by atoms with Crippen LogP contribution in [0.2, 0.25) is 0 Å². The molecule has 3 N–H and O–H groups in total. The number of nitrogens with two attached hydrogens (primary N) is 1. The van der Waals surface area contributed by atoms with Crippen LogP contribution in [0.5, 0.6) is 0 Å². The minimum atomic E-state index is 0.574. The first kappa shape index (κ1) is 7.35. The molecule has 2 heteroatoms. The van der Waals surface area contributed by atoms with Gasteiger partial charge in [0.05, 0.1) is 0 Å². The van der Waals surface area contributed by atoms with Crippen molar-refractivity contribution in [3.05, 3.63) is 23.5 Å². The maximum Gasteiger partial charge on any atom is 0.0335 e. The highest BCUT2D eigenvalue weighted by Crippen LogP contribution is 2.16. The summed E-state index contributed by atoms with van der Waals surface area (Å²) in [5.41, 5.74) is 8.00. The van der Waals surface area contributed by atoms with Gasteiger partial charge in [0.2, 0.25) is 0 Å². The molecule has 0 unspecified atom stereocenters. The van der Waals surface area contributed by atoms with Crippen LogP contribution in [0.4, 0.5) is 0 Å². The van der Waals surface area contributed by atoms with E-state index < -0.39 is 0 Å². The monoisotopic (exact) mass is 138 g/mol. The maximum atomic E-state index is 5.50. The number of H-pyrrole nitrogens is 1. The topological polar surface area (TPSA) is 41.8 Å². The van der Waals surface area contributed by atoms with Gasteiger partial charge in [0.15, 0.2) is 0 Å². The Morgan fingerprint density at radius 1 is 1.60 bits per heavy atom. The van der Waals surface area contributed by atoms with Gasteiger partial charge in [-0.05, 0) is 17.5 Å². The molecule has 1 aromatic heterocycles. The van der Waals surface area contributed by atoms with E-state index in [0.29, 0.717) is 12.5 Å². The van der Waals surface area contributed by atoms with E-state index in [2.05, 4.69) is 24.9 Å². The zero-order valence-corrected chi connectivity index (χ0v) is 6.52. The Hall–Kier alpha value is -0.760. The van der Waals surface area contributed by atoms with Gasteiger partial charge in [0.1, 0.15) is 0 Å². The molecule has 0 radical (unpaired) electrons. The lowest BCUT2D eigenvalue weighted by atomic mass is 10.0. The normalized spacial score (nSPS) is 10.8. The summed E-state index contributed by atoms with van der Waals surface area (Å²) in [4.78, 5) is 3.11. The Balaban J connectivity index is 2.90. The minimum Gasteiger partial charge on any atom is -0.364 e. The number of aromatic nitrogens is 1. The van der Waals surface area contributed by atoms with Crippen LogP contribution < -0.4 is 5.73 Å². The summed E-state index contributed by atoms with van der Waals surface area (Å²) >= 11 is 0. The van der Waals surface area contributed by atoms with Crippen molar-refractivity contribution in [3.63, 3.8) is 0 Å². The largest absolute Gasteiger partial charge is 0.364 e. The summed E-state index contributed by atoms with van der Waals surface area (Å²) in [6, 6.07) is 2.09. The lowest BCUT2D eigenvalue weighted by Crippen LogP contribution is -2.01. The number of nitrogens with one attached hydrogen (secondary N) is 1. The van der Waals surface area contributed by atoms with Gasteiger partial charge in [-0.2, -0.15) is 0 Å². The molecule has 0 aromatic carbocycles. The molecule has 1 aromatic rings. The molecule has 0 saturated heterocycles. The number of hydrogen-bond donors (Lipinski definition) is 2. The van der Waals surface area contributed by atoms with Crippen molar-refractivity contribution < 1.29 is 0 Å². The maximum absolute atomic E-state index is 5.50. The highest BCUT2D eigenvalue weighted by Gasteiger charge is 2.04. The lowest BCUT2D eigenvalue weighted by molar-refractivity contribution is 0.835. The second-order valence-corrected chi connectivity index (χ2v) is 2.77. The van der Waals surface area contributed by atoms with Gasteiger partial charge in [0, 0.05) is 18.4 Å². The first-order chi connectivity index (χ1) is 4.75. The number of aromatic amines is 1. The summed E-state index contributed by atoms with van der Waals surface area (Å²) in [5, 5.41) is 0. The molecule has 0 fully saturated rings. The molecular weight excluding hydrogens is 124 g/mol. The summed E-state index contributed by atoms with van der Waals surface area (Å²) < 4.78 is 0. The van der Waals surface area contributed by atoms with Crippen molar-refractivity contribution in [2.24, 2.45) is 5.73 Å². The van der Waals surface area contributed by atoms with Gasteiger partial charge in [-0.3, -0.25) is 0 Å². The molecule has 0 spiro atoms. The van der Waals surface area contributed by atoms with E-state index in [-0.39, 0.29) is 0 Å². The molecule has 0 amide bonds. The minimum absolute atomic E-state index is 0.574. The van der Waals surface area contributed by atoms with E-state index in [1.807, 2.05) is 6.20 Å². The van der Waals surface area contributed by atoms with E-state index in [9.17, 15) is 0 Å². The summed E-state index contributed by atoms with van der Waals surface area (Å²) in [6.07, 6.45) is 1.94. The van der Waals surface area contributed by atoms with Crippen LogP contribution in [0.3, 0.4) is 0 Å². The van der Waals surface area contributed by atoms with Gasteiger partial charge in [-0.15, -0.1) is 0 Å². The van der Waals surface area contributed by atoms with Crippen LogP contribution >= 0.6 is 0 Å². The fourth-order valence-electron chi connectivity index (χ4n) is 1.13. The van der Waals surface area contributed by atoms with Crippen molar-refractivity contribution >= 4 is 0 Å². The molecule has 0 aliphatic carbocycles. The second kappa shape index (κ2) is 2.88. The first-order valence-electron chi connectivity index (χ1n) is 3.62. The van der Waals surface area contributed by atoms with Crippen LogP contribution in [0.25, 0.3) is 0 Å². The lowest BCUT2D eigenvalue weighted by Gasteiger charge is -2.03. The Labute approximate surface area is 61.4 Å². The number of hydrogen-bond acceptors (Lipinski definition) is 1. The third-order valence-corrected chi connectivity index (χ3v) is 1.70. The average Bonchev–Trinajstić information content (AvgIpc) is 2.33.